The van der Waals surface area contributed by atoms with Gasteiger partial charge in [-0.15, -0.1) is 0 Å². The maximum atomic E-state index is 10.6. The first-order valence-corrected chi connectivity index (χ1v) is 9.89. The molecule has 2 fully saturated rings. The third kappa shape index (κ3) is 5.87. The Bertz CT molecular complexity index is 541. The smallest absolute Gasteiger partial charge is 0.186 e. The van der Waals surface area contributed by atoms with E-state index in [0.717, 1.165) is 0 Å². The van der Waals surface area contributed by atoms with Crippen molar-refractivity contribution in [2.24, 2.45) is 5.73 Å². The monoisotopic (exact) mass is 438 g/mol. The van der Waals surface area contributed by atoms with E-state index >= 15 is 0 Å². The number of ether oxygens (including phenoxy) is 4. The molecule has 30 heavy (non-hydrogen) atoms. The second kappa shape index (κ2) is 11.6. The van der Waals surface area contributed by atoms with Gasteiger partial charge in [-0.05, 0) is 19.9 Å². The molecule has 0 aromatic carbocycles. The van der Waals surface area contributed by atoms with Gasteiger partial charge in [-0.3, -0.25) is 0 Å². The molecule has 0 radical (unpaired) electrons. The van der Waals surface area contributed by atoms with Crippen molar-refractivity contribution in [1.82, 2.24) is 5.32 Å². The van der Waals surface area contributed by atoms with Crippen molar-refractivity contribution in [2.45, 2.75) is 74.7 Å². The minimum Gasteiger partial charge on any atom is -0.394 e. The summed E-state index contributed by atoms with van der Waals surface area (Å²) in [7, 11) is 0. The van der Waals surface area contributed by atoms with E-state index in [1.807, 2.05) is 0 Å². The van der Waals surface area contributed by atoms with Gasteiger partial charge in [-0.2, -0.15) is 0 Å². The lowest BCUT2D eigenvalue weighted by Crippen LogP contribution is -2.67. The molecule has 9 N–H and O–H groups in total. The molecule has 2 aliphatic rings. The number of nitrogens with one attached hydrogen (secondary N) is 1. The predicted molar refractivity (Wildman–Crippen MR) is 102 cm³/mol. The topological polar surface area (TPSA) is 196 Å². The maximum Gasteiger partial charge on any atom is 0.186 e. The lowest BCUT2D eigenvalue weighted by molar-refractivity contribution is -0.347. The van der Waals surface area contributed by atoms with E-state index in [1.54, 1.807) is 6.92 Å². The van der Waals surface area contributed by atoms with Gasteiger partial charge in [0.15, 0.2) is 12.6 Å². The molecule has 0 spiro atoms. The molecule has 12 heteroatoms. The Labute approximate surface area is 174 Å². The lowest BCUT2D eigenvalue weighted by Gasteiger charge is -2.47. The first kappa shape index (κ1) is 25.4. The van der Waals surface area contributed by atoms with Crippen LogP contribution in [0.15, 0.2) is 12.3 Å². The van der Waals surface area contributed by atoms with Crippen molar-refractivity contribution >= 4 is 0 Å². The van der Waals surface area contributed by atoms with Crippen LogP contribution in [0.5, 0.6) is 0 Å². The molecule has 0 aromatic heterocycles. The normalized spacial score (nSPS) is 42.1. The number of hydrogen-bond acceptors (Lipinski definition) is 12. The van der Waals surface area contributed by atoms with Crippen LogP contribution in [0.1, 0.15) is 13.3 Å². The Balaban J connectivity index is 2.21. The van der Waals surface area contributed by atoms with Crippen LogP contribution in [0.2, 0.25) is 0 Å². The van der Waals surface area contributed by atoms with Crippen LogP contribution >= 0.6 is 0 Å². The summed E-state index contributed by atoms with van der Waals surface area (Å²) < 4.78 is 22.2. The van der Waals surface area contributed by atoms with E-state index in [1.165, 1.54) is 0 Å². The summed E-state index contributed by atoms with van der Waals surface area (Å²) in [5, 5.41) is 63.6. The van der Waals surface area contributed by atoms with Gasteiger partial charge in [0.05, 0.1) is 19.8 Å². The quantitative estimate of drug-likeness (QED) is 0.155. The number of hydrogen-bond donors (Lipinski definition) is 8. The predicted octanol–water partition coefficient (Wildman–Crippen LogP) is -3.89. The number of nitrogens with two attached hydrogens (primary N) is 1. The second-order valence-corrected chi connectivity index (χ2v) is 7.48. The molecule has 12 nitrogen and oxygen atoms in total. The summed E-state index contributed by atoms with van der Waals surface area (Å²) in [6, 6.07) is -1.02. The standard InChI is InChI=1S/C18H34N2O10/c1-8(2)20-11-14(25)12(23)9(6-21)28-17(11)30-16-13(24)10(7-22)29-18(15(16)26)27-5-3-4-19/h9-18,20-26H,1,3-7,19H2,2H3/t9?,10?,11?,12-,13-,14?,15?,16?,17+,18+/m0/s1. The van der Waals surface area contributed by atoms with Crippen molar-refractivity contribution in [3.8, 4) is 0 Å². The fourth-order valence-electron chi connectivity index (χ4n) is 3.43. The molecule has 0 aromatic rings. The highest BCUT2D eigenvalue weighted by Crippen LogP contribution is 2.29. The minimum absolute atomic E-state index is 0.177. The van der Waals surface area contributed by atoms with E-state index < -0.39 is 74.6 Å². The van der Waals surface area contributed by atoms with Gasteiger partial charge < -0.3 is 60.6 Å². The van der Waals surface area contributed by atoms with Gasteiger partial charge in [0, 0.05) is 5.70 Å². The highest BCUT2D eigenvalue weighted by atomic mass is 16.7. The fraction of sp³-hybridized carbons (Fsp3) is 0.889. The largest absolute Gasteiger partial charge is 0.394 e. The van der Waals surface area contributed by atoms with E-state index in [4.69, 9.17) is 24.7 Å². The number of allylic oxidation sites excluding steroid dienone is 1. The zero-order chi connectivity index (χ0) is 22.4. The van der Waals surface area contributed by atoms with Gasteiger partial charge >= 0.3 is 0 Å². The average Bonchev–Trinajstić information content (AvgIpc) is 2.71. The Hall–Kier alpha value is -0.900. The lowest BCUT2D eigenvalue weighted by atomic mass is 9.95. The third-order valence-electron chi connectivity index (χ3n) is 5.04. The summed E-state index contributed by atoms with van der Waals surface area (Å²) >= 11 is 0. The summed E-state index contributed by atoms with van der Waals surface area (Å²) in [4.78, 5) is 0. The molecule has 0 aliphatic carbocycles. The van der Waals surface area contributed by atoms with Crippen molar-refractivity contribution in [1.29, 1.82) is 0 Å². The summed E-state index contributed by atoms with van der Waals surface area (Å²) in [5.74, 6) is 0. The molecule has 0 amide bonds. The molecule has 2 rings (SSSR count). The molecular weight excluding hydrogens is 404 g/mol. The fourth-order valence-corrected chi connectivity index (χ4v) is 3.43. The number of aliphatic hydroxyl groups is 6. The molecule has 2 saturated heterocycles. The zero-order valence-electron chi connectivity index (χ0n) is 16.9. The van der Waals surface area contributed by atoms with Crippen molar-refractivity contribution < 1.29 is 49.6 Å². The van der Waals surface area contributed by atoms with Gasteiger partial charge in [0.1, 0.15) is 48.8 Å². The molecular formula is C18H34N2O10. The molecule has 6 unspecified atom stereocenters. The van der Waals surface area contributed by atoms with Crippen LogP contribution in [-0.2, 0) is 18.9 Å². The van der Waals surface area contributed by atoms with E-state index in [2.05, 4.69) is 11.9 Å². The van der Waals surface area contributed by atoms with E-state index in [9.17, 15) is 30.6 Å². The summed E-state index contributed by atoms with van der Waals surface area (Å²) in [5.41, 5.74) is 5.87. The Morgan fingerprint density at radius 1 is 0.967 bits per heavy atom. The van der Waals surface area contributed by atoms with Gasteiger partial charge in [0.25, 0.3) is 0 Å². The first-order valence-electron chi connectivity index (χ1n) is 9.89. The first-order chi connectivity index (χ1) is 14.2. The van der Waals surface area contributed by atoms with Crippen LogP contribution in [0.25, 0.3) is 0 Å². The van der Waals surface area contributed by atoms with Crippen LogP contribution in [0.4, 0.5) is 0 Å². The summed E-state index contributed by atoms with van der Waals surface area (Å²) in [6.07, 6.45) is -11.3. The van der Waals surface area contributed by atoms with Crippen molar-refractivity contribution in [2.75, 3.05) is 26.4 Å². The molecule has 10 atom stereocenters. The highest BCUT2D eigenvalue weighted by molar-refractivity contribution is 5.00. The number of rotatable bonds is 10. The Morgan fingerprint density at radius 3 is 2.13 bits per heavy atom. The molecule has 2 aliphatic heterocycles. The Morgan fingerprint density at radius 2 is 1.57 bits per heavy atom. The third-order valence-corrected chi connectivity index (χ3v) is 5.04. The average molecular weight is 438 g/mol. The maximum absolute atomic E-state index is 10.6. The number of aliphatic hydroxyl groups excluding tert-OH is 6. The second-order valence-electron chi connectivity index (χ2n) is 7.48. The van der Waals surface area contributed by atoms with Crippen LogP contribution in [-0.4, -0.2) is 118 Å². The Kier molecular flexibility index (Phi) is 9.84. The summed E-state index contributed by atoms with van der Waals surface area (Å²) in [6.45, 7) is 4.69. The molecule has 0 saturated carbocycles. The van der Waals surface area contributed by atoms with Gasteiger partial charge in [-0.1, -0.05) is 6.58 Å². The van der Waals surface area contributed by atoms with Gasteiger partial charge in [0.2, 0.25) is 0 Å². The molecule has 176 valence electrons. The van der Waals surface area contributed by atoms with Gasteiger partial charge in [-0.25, -0.2) is 0 Å². The van der Waals surface area contributed by atoms with Crippen molar-refractivity contribution in [3.63, 3.8) is 0 Å². The molecule has 0 bridgehead atoms. The van der Waals surface area contributed by atoms with Crippen molar-refractivity contribution in [3.05, 3.63) is 12.3 Å². The van der Waals surface area contributed by atoms with Crippen LogP contribution < -0.4 is 11.1 Å². The van der Waals surface area contributed by atoms with Crippen LogP contribution in [0, 0.1) is 0 Å². The van der Waals surface area contributed by atoms with Crippen LogP contribution in [0.3, 0.4) is 0 Å². The van der Waals surface area contributed by atoms with E-state index in [0.29, 0.717) is 18.7 Å². The van der Waals surface area contributed by atoms with E-state index in [-0.39, 0.29) is 6.61 Å². The minimum atomic E-state index is -1.47. The molecule has 2 heterocycles. The SMILES string of the molecule is C=C(C)NC1C(O)[C@@H](O)C(CO)O[C@@H]1OC1C(O)[C@H](OCCCN)OC(CO)[C@@H]1O. The highest BCUT2D eigenvalue weighted by Gasteiger charge is 2.51. The zero-order valence-corrected chi connectivity index (χ0v) is 16.9.